The number of nitro benzene ring substituents is 1. The maximum atomic E-state index is 10.7. The molecule has 0 unspecified atom stereocenters. The van der Waals surface area contributed by atoms with Crippen molar-refractivity contribution in [2.45, 2.75) is 12.8 Å². The molecular weight excluding hydrogens is 358 g/mol. The van der Waals surface area contributed by atoms with Crippen molar-refractivity contribution >= 4 is 17.3 Å². The molecule has 26 heavy (non-hydrogen) atoms. The second-order valence-electron chi connectivity index (χ2n) is 5.40. The highest BCUT2D eigenvalue weighted by Gasteiger charge is 2.10. The molecule has 2 rings (SSSR count). The van der Waals surface area contributed by atoms with E-state index in [1.54, 1.807) is 7.11 Å². The van der Waals surface area contributed by atoms with E-state index in [-0.39, 0.29) is 10.7 Å². The Morgan fingerprint density at radius 2 is 1.81 bits per heavy atom. The Kier molecular flexibility index (Phi) is 7.29. The summed E-state index contributed by atoms with van der Waals surface area (Å²) >= 11 is 5.98. The molecule has 0 bridgehead atoms. The summed E-state index contributed by atoms with van der Waals surface area (Å²) in [4.78, 5) is 10.2. The molecule has 0 spiro atoms. The van der Waals surface area contributed by atoms with Crippen LogP contribution in [0.25, 0.3) is 0 Å². The van der Waals surface area contributed by atoms with Crippen LogP contribution in [-0.4, -0.2) is 25.2 Å². The van der Waals surface area contributed by atoms with Gasteiger partial charge in [0.1, 0.15) is 5.75 Å². The van der Waals surface area contributed by atoms with E-state index >= 15 is 0 Å². The average molecular weight is 378 g/mol. The summed E-state index contributed by atoms with van der Waals surface area (Å²) in [5.74, 6) is 1.74. The maximum absolute atomic E-state index is 10.7. The molecule has 0 aliphatic carbocycles. The molecule has 0 saturated carbocycles. The lowest BCUT2D eigenvalue weighted by atomic mass is 10.1. The molecule has 7 heteroatoms. The Bertz CT molecular complexity index is 779. The van der Waals surface area contributed by atoms with Crippen LogP contribution in [0.15, 0.2) is 49.1 Å². The summed E-state index contributed by atoms with van der Waals surface area (Å²) in [7, 11) is 1.60. The molecule has 0 atom stereocenters. The van der Waals surface area contributed by atoms with E-state index in [1.165, 1.54) is 18.2 Å². The van der Waals surface area contributed by atoms with Crippen LogP contribution >= 0.6 is 11.6 Å². The monoisotopic (exact) mass is 377 g/mol. The third kappa shape index (κ3) is 5.39. The number of rotatable bonds is 10. The van der Waals surface area contributed by atoms with E-state index in [1.807, 2.05) is 24.3 Å². The number of nitrogens with zero attached hydrogens (tertiary/aromatic N) is 1. The molecule has 0 aliphatic rings. The van der Waals surface area contributed by atoms with Crippen LogP contribution in [0.4, 0.5) is 5.69 Å². The van der Waals surface area contributed by atoms with E-state index in [4.69, 9.17) is 25.8 Å². The number of non-ortho nitro benzene ring substituents is 1. The molecule has 0 aliphatic heterocycles. The summed E-state index contributed by atoms with van der Waals surface area (Å²) < 4.78 is 16.6. The van der Waals surface area contributed by atoms with Crippen molar-refractivity contribution in [1.29, 1.82) is 0 Å². The third-order valence-corrected chi connectivity index (χ3v) is 3.83. The first-order valence-corrected chi connectivity index (χ1v) is 8.40. The number of nitro groups is 1. The molecule has 0 N–H and O–H groups in total. The Morgan fingerprint density at radius 1 is 1.12 bits per heavy atom. The van der Waals surface area contributed by atoms with Crippen molar-refractivity contribution < 1.29 is 19.1 Å². The van der Waals surface area contributed by atoms with Gasteiger partial charge in [-0.05, 0) is 30.2 Å². The molecular formula is C19H20ClNO5. The fraction of sp³-hybridized carbons (Fsp3) is 0.263. The van der Waals surface area contributed by atoms with Crippen molar-refractivity contribution in [2.24, 2.45) is 0 Å². The summed E-state index contributed by atoms with van der Waals surface area (Å²) in [5, 5.41) is 10.9. The van der Waals surface area contributed by atoms with Crippen LogP contribution in [0.5, 0.6) is 17.2 Å². The van der Waals surface area contributed by atoms with Gasteiger partial charge < -0.3 is 14.2 Å². The molecule has 0 heterocycles. The Balaban J connectivity index is 1.82. The number of hydrogen-bond acceptors (Lipinski definition) is 5. The van der Waals surface area contributed by atoms with E-state index in [0.717, 1.165) is 12.0 Å². The zero-order chi connectivity index (χ0) is 18.9. The number of ether oxygens (including phenoxy) is 3. The number of hydrogen-bond donors (Lipinski definition) is 0. The highest BCUT2D eigenvalue weighted by molar-refractivity contribution is 6.32. The molecule has 6 nitrogen and oxygen atoms in total. The largest absolute Gasteiger partial charge is 0.493 e. The summed E-state index contributed by atoms with van der Waals surface area (Å²) in [6.07, 6.45) is 3.21. The van der Waals surface area contributed by atoms with E-state index in [2.05, 4.69) is 6.58 Å². The first-order chi connectivity index (χ1) is 12.5. The Labute approximate surface area is 157 Å². The van der Waals surface area contributed by atoms with Gasteiger partial charge in [0.25, 0.3) is 5.69 Å². The minimum absolute atomic E-state index is 0.0716. The van der Waals surface area contributed by atoms with Crippen molar-refractivity contribution in [3.8, 4) is 17.2 Å². The van der Waals surface area contributed by atoms with Crippen LogP contribution < -0.4 is 14.2 Å². The van der Waals surface area contributed by atoms with Crippen LogP contribution in [0, 0.1) is 10.1 Å². The predicted octanol–water partition coefficient (Wildman–Crippen LogP) is 4.83. The van der Waals surface area contributed by atoms with Gasteiger partial charge in [0, 0.05) is 18.6 Å². The van der Waals surface area contributed by atoms with Crippen LogP contribution in [-0.2, 0) is 6.42 Å². The van der Waals surface area contributed by atoms with Gasteiger partial charge in [-0.25, -0.2) is 0 Å². The molecule has 2 aromatic rings. The molecule has 2 aromatic carbocycles. The molecule has 0 fully saturated rings. The van der Waals surface area contributed by atoms with Gasteiger partial charge in [-0.3, -0.25) is 10.1 Å². The lowest BCUT2D eigenvalue weighted by molar-refractivity contribution is -0.384. The smallest absolute Gasteiger partial charge is 0.271 e. The SMILES string of the molecule is C=CCc1ccc(OCCCOc2ccc([N+](=O)[O-])cc2Cl)c(OC)c1. The average Bonchev–Trinajstić information content (AvgIpc) is 2.63. The van der Waals surface area contributed by atoms with Gasteiger partial charge in [-0.2, -0.15) is 0 Å². The van der Waals surface area contributed by atoms with Crippen LogP contribution in [0.2, 0.25) is 5.02 Å². The van der Waals surface area contributed by atoms with Gasteiger partial charge >= 0.3 is 0 Å². The van der Waals surface area contributed by atoms with E-state index in [9.17, 15) is 10.1 Å². The Morgan fingerprint density at radius 3 is 2.42 bits per heavy atom. The van der Waals surface area contributed by atoms with Crippen molar-refractivity contribution in [3.63, 3.8) is 0 Å². The maximum Gasteiger partial charge on any atom is 0.271 e. The normalized spacial score (nSPS) is 10.2. The van der Waals surface area contributed by atoms with Gasteiger partial charge in [0.2, 0.25) is 0 Å². The number of halogens is 1. The number of methoxy groups -OCH3 is 1. The van der Waals surface area contributed by atoms with Crippen molar-refractivity contribution in [2.75, 3.05) is 20.3 Å². The van der Waals surface area contributed by atoms with Crippen molar-refractivity contribution in [1.82, 2.24) is 0 Å². The van der Waals surface area contributed by atoms with Crippen LogP contribution in [0.1, 0.15) is 12.0 Å². The minimum Gasteiger partial charge on any atom is -0.493 e. The third-order valence-electron chi connectivity index (χ3n) is 3.54. The molecule has 138 valence electrons. The fourth-order valence-electron chi connectivity index (χ4n) is 2.27. The molecule has 0 amide bonds. The zero-order valence-corrected chi connectivity index (χ0v) is 15.2. The summed E-state index contributed by atoms with van der Waals surface area (Å²) in [6.45, 7) is 4.52. The topological polar surface area (TPSA) is 70.8 Å². The van der Waals surface area contributed by atoms with Crippen LogP contribution in [0.3, 0.4) is 0 Å². The van der Waals surface area contributed by atoms with Gasteiger partial charge in [-0.1, -0.05) is 23.7 Å². The molecule has 0 radical (unpaired) electrons. The first-order valence-electron chi connectivity index (χ1n) is 8.02. The van der Waals surface area contributed by atoms with E-state index < -0.39 is 4.92 Å². The van der Waals surface area contributed by atoms with Gasteiger partial charge in [0.15, 0.2) is 11.5 Å². The highest BCUT2D eigenvalue weighted by Crippen LogP contribution is 2.30. The Hall–Kier alpha value is -2.73. The minimum atomic E-state index is -0.503. The molecule has 0 aromatic heterocycles. The second-order valence-corrected chi connectivity index (χ2v) is 5.81. The number of allylic oxidation sites excluding steroid dienone is 1. The number of benzene rings is 2. The zero-order valence-electron chi connectivity index (χ0n) is 14.4. The van der Waals surface area contributed by atoms with Gasteiger partial charge in [-0.15, -0.1) is 6.58 Å². The predicted molar refractivity (Wildman–Crippen MR) is 101 cm³/mol. The van der Waals surface area contributed by atoms with E-state index in [0.29, 0.717) is 36.9 Å². The summed E-state index contributed by atoms with van der Waals surface area (Å²) in [5.41, 5.74) is 1.03. The summed E-state index contributed by atoms with van der Waals surface area (Å²) in [6, 6.07) is 9.86. The highest BCUT2D eigenvalue weighted by atomic mass is 35.5. The quantitative estimate of drug-likeness (QED) is 0.256. The first kappa shape index (κ1) is 19.6. The fourth-order valence-corrected chi connectivity index (χ4v) is 2.50. The van der Waals surface area contributed by atoms with Crippen molar-refractivity contribution in [3.05, 3.63) is 69.8 Å². The lowest BCUT2D eigenvalue weighted by Crippen LogP contribution is -2.06. The van der Waals surface area contributed by atoms with Gasteiger partial charge in [0.05, 0.1) is 30.3 Å². The molecule has 0 saturated heterocycles. The standard InChI is InChI=1S/C19H20ClNO5/c1-3-5-14-6-8-18(19(12-14)24-2)26-11-4-10-25-17-9-7-15(21(22)23)13-16(17)20/h3,6-9,12-13H,1,4-5,10-11H2,2H3. The second kappa shape index (κ2) is 9.68. The lowest BCUT2D eigenvalue weighted by Gasteiger charge is -2.12.